The average molecular weight is 506 g/mol. The number of carbonyl (C=O) groups excluding carboxylic acids is 1. The first kappa shape index (κ1) is 28.4. The number of ether oxygens (including phenoxy) is 1. The lowest BCUT2D eigenvalue weighted by atomic mass is 10.0. The van der Waals surface area contributed by atoms with Crippen LogP contribution >= 0.6 is 23.1 Å². The van der Waals surface area contributed by atoms with Gasteiger partial charge in [-0.2, -0.15) is 0 Å². The predicted octanol–water partition coefficient (Wildman–Crippen LogP) is 3.07. The molecule has 1 aromatic heterocycles. The molecule has 1 aromatic rings. The summed E-state index contributed by atoms with van der Waals surface area (Å²) in [6, 6.07) is 0. The van der Waals surface area contributed by atoms with Crippen LogP contribution in [0, 0.1) is 0 Å². The number of carbonyl (C=O) groups is 1. The zero-order valence-corrected chi connectivity index (χ0v) is 21.0. The Morgan fingerprint density at radius 2 is 1.55 bits per heavy atom. The first-order chi connectivity index (χ1) is 16.0. The molecule has 1 amide bonds. The van der Waals surface area contributed by atoms with Crippen molar-refractivity contribution in [1.29, 1.82) is 0 Å². The highest BCUT2D eigenvalue weighted by atomic mass is 32.2. The van der Waals surface area contributed by atoms with Gasteiger partial charge >= 0.3 is 0 Å². The molecule has 1 aliphatic heterocycles. The van der Waals surface area contributed by atoms with E-state index in [1.54, 1.807) is 0 Å². The van der Waals surface area contributed by atoms with Crippen molar-refractivity contribution in [2.75, 3.05) is 11.9 Å². The van der Waals surface area contributed by atoms with Gasteiger partial charge in [0.25, 0.3) is 0 Å². The van der Waals surface area contributed by atoms with Crippen molar-refractivity contribution in [3.8, 4) is 0 Å². The third-order valence-corrected chi connectivity index (χ3v) is 7.80. The molecular weight excluding hydrogens is 466 g/mol. The number of aliphatic hydroxyl groups excluding tert-OH is 4. The van der Waals surface area contributed by atoms with E-state index in [1.165, 1.54) is 51.4 Å². The van der Waals surface area contributed by atoms with Crippen LogP contribution in [0.15, 0.2) is 4.34 Å². The molecule has 9 nitrogen and oxygen atoms in total. The van der Waals surface area contributed by atoms with E-state index < -0.39 is 36.5 Å². The molecule has 1 aliphatic rings. The highest BCUT2D eigenvalue weighted by Gasteiger charge is 2.44. The van der Waals surface area contributed by atoms with Crippen molar-refractivity contribution in [1.82, 2.24) is 10.2 Å². The maximum atomic E-state index is 12.2. The van der Waals surface area contributed by atoms with Crippen LogP contribution in [0.25, 0.3) is 0 Å². The summed E-state index contributed by atoms with van der Waals surface area (Å²) in [5.74, 6) is -0.105. The van der Waals surface area contributed by atoms with Crippen molar-refractivity contribution in [2.45, 2.75) is 118 Å². The fraction of sp³-hybridized carbons (Fsp3) is 0.864. The maximum Gasteiger partial charge on any atom is 0.226 e. The van der Waals surface area contributed by atoms with Gasteiger partial charge < -0.3 is 30.5 Å². The Morgan fingerprint density at radius 1 is 0.939 bits per heavy atom. The third-order valence-electron chi connectivity index (χ3n) is 5.73. The van der Waals surface area contributed by atoms with Crippen molar-refractivity contribution >= 4 is 34.1 Å². The van der Waals surface area contributed by atoms with Crippen LogP contribution in [-0.2, 0) is 9.53 Å². The number of amides is 1. The van der Waals surface area contributed by atoms with Crippen molar-refractivity contribution in [3.63, 3.8) is 0 Å². The van der Waals surface area contributed by atoms with Crippen molar-refractivity contribution < 1.29 is 30.0 Å². The molecule has 0 aromatic carbocycles. The summed E-state index contributed by atoms with van der Waals surface area (Å²) >= 11 is 2.16. The Balaban J connectivity index is 1.60. The van der Waals surface area contributed by atoms with E-state index in [1.807, 2.05) is 0 Å². The summed E-state index contributed by atoms with van der Waals surface area (Å²) < 4.78 is 5.89. The zero-order valence-electron chi connectivity index (χ0n) is 19.4. The molecule has 2 heterocycles. The minimum Gasteiger partial charge on any atom is -0.394 e. The van der Waals surface area contributed by atoms with Gasteiger partial charge in [0.1, 0.15) is 29.9 Å². The van der Waals surface area contributed by atoms with E-state index in [4.69, 9.17) is 4.74 Å². The molecule has 0 unspecified atom stereocenters. The maximum absolute atomic E-state index is 12.2. The Hall–Kier alpha value is -0.820. The molecule has 0 radical (unpaired) electrons. The van der Waals surface area contributed by atoms with Gasteiger partial charge in [0, 0.05) is 6.42 Å². The zero-order chi connectivity index (χ0) is 24.1. The number of aliphatic hydroxyl groups is 4. The summed E-state index contributed by atoms with van der Waals surface area (Å²) in [4.78, 5) is 12.2. The number of nitrogens with one attached hydrogen (secondary N) is 1. The van der Waals surface area contributed by atoms with Gasteiger partial charge in [-0.1, -0.05) is 94.2 Å². The van der Waals surface area contributed by atoms with E-state index in [0.717, 1.165) is 42.4 Å². The summed E-state index contributed by atoms with van der Waals surface area (Å²) in [6.45, 7) is 1.75. The number of thioether (sulfide) groups is 1. The molecular formula is C22H39N3O6S2. The SMILES string of the molecule is CCCCCCCCCCCCCC(=O)Nc1nnc(S[C@@H]2O[C@H](CO)[C@H](O)[C@H](O)[C@H]2O)s1. The van der Waals surface area contributed by atoms with Crippen LogP contribution in [0.1, 0.15) is 84.0 Å². The largest absolute Gasteiger partial charge is 0.394 e. The molecule has 2 rings (SSSR count). The van der Waals surface area contributed by atoms with E-state index >= 15 is 0 Å². The number of anilines is 1. The van der Waals surface area contributed by atoms with Crippen LogP contribution in [0.5, 0.6) is 0 Å². The molecule has 33 heavy (non-hydrogen) atoms. The van der Waals surface area contributed by atoms with E-state index in [2.05, 4.69) is 22.4 Å². The normalized spacial score (nSPS) is 25.3. The molecule has 5 atom stereocenters. The summed E-state index contributed by atoms with van der Waals surface area (Å²) in [5, 5.41) is 50.1. The van der Waals surface area contributed by atoms with Gasteiger partial charge in [0.2, 0.25) is 11.0 Å². The quantitative estimate of drug-likeness (QED) is 0.169. The lowest BCUT2D eigenvalue weighted by Gasteiger charge is -2.39. The second-order valence-corrected chi connectivity index (χ2v) is 10.8. The lowest BCUT2D eigenvalue weighted by Crippen LogP contribution is -2.57. The molecule has 0 saturated carbocycles. The topological polar surface area (TPSA) is 145 Å². The molecule has 1 fully saturated rings. The number of unbranched alkanes of at least 4 members (excludes halogenated alkanes) is 10. The molecule has 5 N–H and O–H groups in total. The van der Waals surface area contributed by atoms with Crippen molar-refractivity contribution in [3.05, 3.63) is 0 Å². The van der Waals surface area contributed by atoms with Gasteiger partial charge in [-0.05, 0) is 6.42 Å². The van der Waals surface area contributed by atoms with Crippen LogP contribution in [0.3, 0.4) is 0 Å². The summed E-state index contributed by atoms with van der Waals surface area (Å²) in [6.07, 6.45) is 8.79. The molecule has 0 spiro atoms. The predicted molar refractivity (Wildman–Crippen MR) is 129 cm³/mol. The average Bonchev–Trinajstić information content (AvgIpc) is 3.24. The molecule has 11 heteroatoms. The van der Waals surface area contributed by atoms with Gasteiger partial charge in [0.15, 0.2) is 4.34 Å². The third kappa shape index (κ3) is 10.1. The van der Waals surface area contributed by atoms with E-state index in [9.17, 15) is 25.2 Å². The second-order valence-electron chi connectivity index (χ2n) is 8.52. The molecule has 1 saturated heterocycles. The highest BCUT2D eigenvalue weighted by molar-refractivity contribution is 8.01. The van der Waals surface area contributed by atoms with Crippen LogP contribution in [0.4, 0.5) is 5.13 Å². The van der Waals surface area contributed by atoms with Crippen molar-refractivity contribution in [2.24, 2.45) is 0 Å². The first-order valence-electron chi connectivity index (χ1n) is 12.1. The molecule has 0 bridgehead atoms. The number of nitrogens with zero attached hydrogens (tertiary/aromatic N) is 2. The van der Waals surface area contributed by atoms with Crippen LogP contribution in [0.2, 0.25) is 0 Å². The smallest absolute Gasteiger partial charge is 0.226 e. The molecule has 190 valence electrons. The Morgan fingerprint density at radius 3 is 2.15 bits per heavy atom. The standard InChI is InChI=1S/C22H39N3O6S2/c1-2-3-4-5-6-7-8-9-10-11-12-13-16(27)23-21-24-25-22(33-21)32-20-19(30)18(29)17(28)15(14-26)31-20/h15,17-20,26,28-30H,2-14H2,1H3,(H,23,24,27)/t15-,17+,18+,19-,20+/m1/s1. The second kappa shape index (κ2) is 16.0. The minimum atomic E-state index is -1.44. The fourth-order valence-electron chi connectivity index (χ4n) is 3.70. The first-order valence-corrected chi connectivity index (χ1v) is 13.8. The van der Waals surface area contributed by atoms with Gasteiger partial charge in [-0.25, -0.2) is 0 Å². The summed E-state index contributed by atoms with van der Waals surface area (Å²) in [5.41, 5.74) is -0.923. The number of hydrogen-bond donors (Lipinski definition) is 5. The van der Waals surface area contributed by atoms with Gasteiger partial charge in [-0.3, -0.25) is 4.79 Å². The number of rotatable bonds is 16. The van der Waals surface area contributed by atoms with Gasteiger partial charge in [0.05, 0.1) is 6.61 Å². The number of aromatic nitrogens is 2. The Bertz CT molecular complexity index is 678. The number of hydrogen-bond acceptors (Lipinski definition) is 10. The van der Waals surface area contributed by atoms with Crippen LogP contribution < -0.4 is 5.32 Å². The fourth-order valence-corrected chi connectivity index (χ4v) is 5.70. The van der Waals surface area contributed by atoms with E-state index in [-0.39, 0.29) is 5.91 Å². The minimum absolute atomic E-state index is 0.105. The Labute approximate surface area is 204 Å². The highest BCUT2D eigenvalue weighted by Crippen LogP contribution is 2.35. The molecule has 0 aliphatic carbocycles. The summed E-state index contributed by atoms with van der Waals surface area (Å²) in [7, 11) is 0. The van der Waals surface area contributed by atoms with Crippen LogP contribution in [-0.4, -0.2) is 73.0 Å². The van der Waals surface area contributed by atoms with E-state index in [0.29, 0.717) is 15.9 Å². The monoisotopic (exact) mass is 505 g/mol. The lowest BCUT2D eigenvalue weighted by molar-refractivity contribution is -0.205. The Kier molecular flexibility index (Phi) is 13.7. The van der Waals surface area contributed by atoms with Gasteiger partial charge in [-0.15, -0.1) is 10.2 Å².